The number of aromatic nitrogens is 2. The molecule has 0 aliphatic heterocycles. The van der Waals surface area contributed by atoms with Crippen molar-refractivity contribution in [3.63, 3.8) is 0 Å². The number of halogens is 2. The number of imidazole rings is 1. The number of para-hydroxylation sites is 1. The lowest BCUT2D eigenvalue weighted by atomic mass is 10.3. The number of amides is 1. The first-order valence-electron chi connectivity index (χ1n) is 9.16. The van der Waals surface area contributed by atoms with Gasteiger partial charge in [-0.2, -0.15) is 0 Å². The standard InChI is InChI=1S/C19H20Cl2N4O3S2/c1-2-3-9-22-30(27,28)12-7-8-15-16(10-12)24-19(23-15)29-11-17(26)25-18-13(20)5-4-6-14(18)21/h4-8,10,22H,2-3,9,11H2,1H3,(H,23,24)(H,25,26). The van der Waals surface area contributed by atoms with Gasteiger partial charge in [-0.1, -0.05) is 54.4 Å². The maximum absolute atomic E-state index is 12.4. The van der Waals surface area contributed by atoms with Crippen molar-refractivity contribution in [2.75, 3.05) is 17.6 Å². The molecule has 0 saturated carbocycles. The van der Waals surface area contributed by atoms with Gasteiger partial charge in [0, 0.05) is 6.54 Å². The molecule has 1 amide bonds. The van der Waals surface area contributed by atoms with Gasteiger partial charge in [0.1, 0.15) is 0 Å². The van der Waals surface area contributed by atoms with E-state index in [1.165, 1.54) is 23.9 Å². The van der Waals surface area contributed by atoms with Crippen LogP contribution >= 0.6 is 35.0 Å². The molecule has 1 heterocycles. The fraction of sp³-hybridized carbons (Fsp3) is 0.263. The summed E-state index contributed by atoms with van der Waals surface area (Å²) >= 11 is 13.3. The highest BCUT2D eigenvalue weighted by Gasteiger charge is 2.16. The van der Waals surface area contributed by atoms with E-state index in [9.17, 15) is 13.2 Å². The van der Waals surface area contributed by atoms with E-state index in [2.05, 4.69) is 20.0 Å². The predicted octanol–water partition coefficient (Wildman–Crippen LogP) is 4.68. The molecule has 0 spiro atoms. The molecule has 3 rings (SSSR count). The first kappa shape index (κ1) is 22.9. The number of nitrogens with zero attached hydrogens (tertiary/aromatic N) is 1. The van der Waals surface area contributed by atoms with Crippen molar-refractivity contribution in [3.8, 4) is 0 Å². The number of benzene rings is 2. The van der Waals surface area contributed by atoms with Crippen LogP contribution in [0.3, 0.4) is 0 Å². The number of thioether (sulfide) groups is 1. The van der Waals surface area contributed by atoms with Crippen LogP contribution in [0.5, 0.6) is 0 Å². The van der Waals surface area contributed by atoms with Gasteiger partial charge in [-0.25, -0.2) is 18.1 Å². The summed E-state index contributed by atoms with van der Waals surface area (Å²) in [7, 11) is -3.58. The smallest absolute Gasteiger partial charge is 0.240 e. The minimum atomic E-state index is -3.58. The number of sulfonamides is 1. The lowest BCUT2D eigenvalue weighted by molar-refractivity contribution is -0.113. The van der Waals surface area contributed by atoms with Crippen LogP contribution < -0.4 is 10.0 Å². The number of carbonyl (C=O) groups is 1. The van der Waals surface area contributed by atoms with Gasteiger partial charge in [0.2, 0.25) is 15.9 Å². The van der Waals surface area contributed by atoms with E-state index in [4.69, 9.17) is 23.2 Å². The molecule has 3 aromatic rings. The second-order valence-electron chi connectivity index (χ2n) is 6.41. The number of fused-ring (bicyclic) bond motifs is 1. The monoisotopic (exact) mass is 486 g/mol. The van der Waals surface area contributed by atoms with Gasteiger partial charge < -0.3 is 10.3 Å². The predicted molar refractivity (Wildman–Crippen MR) is 122 cm³/mol. The SMILES string of the molecule is CCCCNS(=O)(=O)c1ccc2nc(SCC(=O)Nc3c(Cl)cccc3Cl)[nH]c2c1. The van der Waals surface area contributed by atoms with Gasteiger partial charge in [0.15, 0.2) is 5.16 Å². The van der Waals surface area contributed by atoms with Crippen molar-refractivity contribution in [3.05, 3.63) is 46.4 Å². The Morgan fingerprint density at radius 2 is 1.93 bits per heavy atom. The largest absolute Gasteiger partial charge is 0.333 e. The Balaban J connectivity index is 1.67. The Labute approximate surface area is 189 Å². The number of hydrogen-bond acceptors (Lipinski definition) is 5. The molecule has 7 nitrogen and oxygen atoms in total. The van der Waals surface area contributed by atoms with Crippen LogP contribution in [-0.4, -0.2) is 36.6 Å². The van der Waals surface area contributed by atoms with E-state index < -0.39 is 10.0 Å². The first-order chi connectivity index (χ1) is 14.3. The summed E-state index contributed by atoms with van der Waals surface area (Å²) in [6.45, 7) is 2.39. The number of unbranched alkanes of at least 4 members (excludes halogenated alkanes) is 1. The Kier molecular flexibility index (Phi) is 7.65. The van der Waals surface area contributed by atoms with Crippen molar-refractivity contribution in [1.82, 2.24) is 14.7 Å². The molecular formula is C19H20Cl2N4O3S2. The molecule has 30 heavy (non-hydrogen) atoms. The highest BCUT2D eigenvalue weighted by molar-refractivity contribution is 7.99. The van der Waals surface area contributed by atoms with Crippen molar-refractivity contribution >= 4 is 67.6 Å². The van der Waals surface area contributed by atoms with Gasteiger partial charge in [-0.3, -0.25) is 4.79 Å². The van der Waals surface area contributed by atoms with E-state index >= 15 is 0 Å². The zero-order valence-electron chi connectivity index (χ0n) is 16.0. The summed E-state index contributed by atoms with van der Waals surface area (Å²) in [6, 6.07) is 9.64. The Morgan fingerprint density at radius 1 is 1.20 bits per heavy atom. The van der Waals surface area contributed by atoms with Crippen LogP contribution in [0.2, 0.25) is 10.0 Å². The lowest BCUT2D eigenvalue weighted by Crippen LogP contribution is -2.24. The van der Waals surface area contributed by atoms with Crippen LogP contribution in [0.4, 0.5) is 5.69 Å². The molecule has 0 bridgehead atoms. The fourth-order valence-electron chi connectivity index (χ4n) is 2.59. The summed E-state index contributed by atoms with van der Waals surface area (Å²) in [5, 5.41) is 3.89. The molecule has 0 fully saturated rings. The van der Waals surface area contributed by atoms with Crippen molar-refractivity contribution in [1.29, 1.82) is 0 Å². The second-order valence-corrected chi connectivity index (χ2v) is 9.95. The molecule has 3 N–H and O–H groups in total. The molecule has 1 aromatic heterocycles. The number of carbonyl (C=O) groups excluding carboxylic acids is 1. The minimum Gasteiger partial charge on any atom is -0.333 e. The van der Waals surface area contributed by atoms with Gasteiger partial charge in [0.05, 0.1) is 37.4 Å². The average molecular weight is 487 g/mol. The van der Waals surface area contributed by atoms with Crippen LogP contribution in [0.25, 0.3) is 11.0 Å². The maximum atomic E-state index is 12.4. The molecule has 2 aromatic carbocycles. The van der Waals surface area contributed by atoms with E-state index in [0.717, 1.165) is 12.8 Å². The molecule has 0 radical (unpaired) electrons. The summed E-state index contributed by atoms with van der Waals surface area (Å²) < 4.78 is 27.3. The zero-order valence-corrected chi connectivity index (χ0v) is 19.2. The normalized spacial score (nSPS) is 11.7. The molecule has 0 unspecified atom stereocenters. The second kappa shape index (κ2) is 10.0. The van der Waals surface area contributed by atoms with Gasteiger partial charge in [0.25, 0.3) is 0 Å². The molecule has 160 valence electrons. The third-order valence-electron chi connectivity index (χ3n) is 4.13. The van der Waals surface area contributed by atoms with Crippen molar-refractivity contribution in [2.24, 2.45) is 0 Å². The van der Waals surface area contributed by atoms with Gasteiger partial charge in [-0.15, -0.1) is 0 Å². The van der Waals surface area contributed by atoms with Gasteiger partial charge in [-0.05, 0) is 36.8 Å². The molecular weight excluding hydrogens is 467 g/mol. The van der Waals surface area contributed by atoms with Crippen LogP contribution in [0.15, 0.2) is 46.5 Å². The number of anilines is 1. The van der Waals surface area contributed by atoms with E-state index in [1.54, 1.807) is 24.3 Å². The van der Waals surface area contributed by atoms with Crippen LogP contribution in [0.1, 0.15) is 19.8 Å². The number of hydrogen-bond donors (Lipinski definition) is 3. The van der Waals surface area contributed by atoms with E-state index in [1.807, 2.05) is 6.92 Å². The molecule has 0 aliphatic rings. The summed E-state index contributed by atoms with van der Waals surface area (Å²) in [4.78, 5) is 19.8. The average Bonchev–Trinajstić information content (AvgIpc) is 3.11. The molecule has 0 aliphatic carbocycles. The third-order valence-corrected chi connectivity index (χ3v) is 7.09. The van der Waals surface area contributed by atoms with Crippen LogP contribution in [0, 0.1) is 0 Å². The number of rotatable bonds is 9. The lowest BCUT2D eigenvalue weighted by Gasteiger charge is -2.08. The number of nitrogens with one attached hydrogen (secondary N) is 3. The van der Waals surface area contributed by atoms with Crippen LogP contribution in [-0.2, 0) is 14.8 Å². The zero-order chi connectivity index (χ0) is 21.7. The molecule has 0 atom stereocenters. The minimum absolute atomic E-state index is 0.0745. The Morgan fingerprint density at radius 3 is 2.63 bits per heavy atom. The topological polar surface area (TPSA) is 104 Å². The number of H-pyrrole nitrogens is 1. The summed E-state index contributed by atoms with van der Waals surface area (Å²) in [5.41, 5.74) is 1.55. The van der Waals surface area contributed by atoms with Crippen molar-refractivity contribution in [2.45, 2.75) is 29.8 Å². The summed E-state index contributed by atoms with van der Waals surface area (Å²) in [5.74, 6) is -0.218. The van der Waals surface area contributed by atoms with Crippen molar-refractivity contribution < 1.29 is 13.2 Å². The van der Waals surface area contributed by atoms with E-state index in [0.29, 0.717) is 38.5 Å². The highest BCUT2D eigenvalue weighted by Crippen LogP contribution is 2.30. The first-order valence-corrected chi connectivity index (χ1v) is 12.4. The fourth-order valence-corrected chi connectivity index (χ4v) is 4.87. The summed E-state index contributed by atoms with van der Waals surface area (Å²) in [6.07, 6.45) is 1.67. The maximum Gasteiger partial charge on any atom is 0.240 e. The molecule has 0 saturated heterocycles. The molecule has 11 heteroatoms. The Bertz CT molecular complexity index is 1150. The highest BCUT2D eigenvalue weighted by atomic mass is 35.5. The van der Waals surface area contributed by atoms with E-state index in [-0.39, 0.29) is 16.6 Å². The quantitative estimate of drug-likeness (QED) is 0.300. The Hall–Kier alpha value is -1.78. The van der Waals surface area contributed by atoms with Gasteiger partial charge >= 0.3 is 0 Å². The third kappa shape index (κ3) is 5.67. The number of aromatic amines is 1.